The molecule has 0 radical (unpaired) electrons. The zero-order chi connectivity index (χ0) is 11.1. The van der Waals surface area contributed by atoms with Gasteiger partial charge in [0.2, 0.25) is 0 Å². The van der Waals surface area contributed by atoms with Gasteiger partial charge in [-0.2, -0.15) is 5.10 Å². The average Bonchev–Trinajstić information content (AvgIpc) is 2.58. The maximum Gasteiger partial charge on any atom is 0.153 e. The van der Waals surface area contributed by atoms with Crippen LogP contribution in [0.1, 0.15) is 29.9 Å². The van der Waals surface area contributed by atoms with Crippen molar-refractivity contribution in [1.82, 2.24) is 9.61 Å². The van der Waals surface area contributed by atoms with Crippen molar-refractivity contribution in [2.24, 2.45) is 0 Å². The zero-order valence-electron chi connectivity index (χ0n) is 8.64. The Labute approximate surface area is 87.2 Å². The van der Waals surface area contributed by atoms with E-state index in [4.69, 9.17) is 0 Å². The van der Waals surface area contributed by atoms with E-state index in [2.05, 4.69) is 5.10 Å². The van der Waals surface area contributed by atoms with Crippen molar-refractivity contribution in [1.29, 1.82) is 0 Å². The smallest absolute Gasteiger partial charge is 0.153 e. The highest BCUT2D eigenvalue weighted by atomic mass is 16.3. The lowest BCUT2D eigenvalue weighted by Gasteiger charge is -2.18. The zero-order valence-corrected chi connectivity index (χ0v) is 8.64. The van der Waals surface area contributed by atoms with E-state index in [1.54, 1.807) is 36.6 Å². The quantitative estimate of drug-likeness (QED) is 0.752. The number of fused-ring (bicyclic) bond motifs is 1. The number of carbonyl (C=O) groups is 1. The molecule has 2 aromatic rings. The first-order chi connectivity index (χ1) is 7.04. The summed E-state index contributed by atoms with van der Waals surface area (Å²) in [7, 11) is 0. The van der Waals surface area contributed by atoms with E-state index < -0.39 is 5.60 Å². The highest BCUT2D eigenvalue weighted by Crippen LogP contribution is 2.21. The van der Waals surface area contributed by atoms with Crippen LogP contribution in [-0.4, -0.2) is 21.0 Å². The van der Waals surface area contributed by atoms with E-state index in [1.807, 2.05) is 0 Å². The molecular weight excluding hydrogens is 192 g/mol. The van der Waals surface area contributed by atoms with E-state index in [-0.39, 0.29) is 0 Å². The lowest BCUT2D eigenvalue weighted by atomic mass is 10.0. The van der Waals surface area contributed by atoms with Gasteiger partial charge < -0.3 is 5.11 Å². The summed E-state index contributed by atoms with van der Waals surface area (Å²) in [5, 5.41) is 14.0. The van der Waals surface area contributed by atoms with Crippen molar-refractivity contribution in [3.05, 3.63) is 35.7 Å². The average molecular weight is 204 g/mol. The SMILES string of the molecule is CC(C)(O)c1cccc2c(C=O)cnn12. The summed E-state index contributed by atoms with van der Waals surface area (Å²) in [6, 6.07) is 5.39. The Balaban J connectivity index is 2.78. The molecule has 0 aliphatic rings. The number of nitrogens with zero attached hydrogens (tertiary/aromatic N) is 2. The number of rotatable bonds is 2. The highest BCUT2D eigenvalue weighted by Gasteiger charge is 2.20. The summed E-state index contributed by atoms with van der Waals surface area (Å²) in [4.78, 5) is 10.7. The Bertz CT molecular complexity index is 509. The largest absolute Gasteiger partial charge is 0.384 e. The summed E-state index contributed by atoms with van der Waals surface area (Å²) < 4.78 is 1.59. The number of aromatic nitrogens is 2. The van der Waals surface area contributed by atoms with Gasteiger partial charge in [0.05, 0.1) is 23.0 Å². The van der Waals surface area contributed by atoms with Crippen molar-refractivity contribution in [2.75, 3.05) is 0 Å². The van der Waals surface area contributed by atoms with Crippen molar-refractivity contribution in [3.8, 4) is 0 Å². The lowest BCUT2D eigenvalue weighted by molar-refractivity contribution is 0.0714. The third-order valence-corrected chi connectivity index (χ3v) is 2.33. The van der Waals surface area contributed by atoms with Crippen LogP contribution in [0.15, 0.2) is 24.4 Å². The van der Waals surface area contributed by atoms with Gasteiger partial charge in [0.25, 0.3) is 0 Å². The first-order valence-electron chi connectivity index (χ1n) is 4.69. The van der Waals surface area contributed by atoms with Crippen LogP contribution in [0.5, 0.6) is 0 Å². The Morgan fingerprint density at radius 2 is 2.20 bits per heavy atom. The van der Waals surface area contributed by atoms with Gasteiger partial charge in [0.1, 0.15) is 5.60 Å². The number of hydrogen-bond acceptors (Lipinski definition) is 3. The van der Waals surface area contributed by atoms with Crippen LogP contribution < -0.4 is 0 Å². The summed E-state index contributed by atoms with van der Waals surface area (Å²) >= 11 is 0. The highest BCUT2D eigenvalue weighted by molar-refractivity contribution is 5.85. The fraction of sp³-hybridized carbons (Fsp3) is 0.273. The van der Waals surface area contributed by atoms with Gasteiger partial charge in [-0.3, -0.25) is 4.79 Å². The van der Waals surface area contributed by atoms with Gasteiger partial charge in [-0.1, -0.05) is 6.07 Å². The molecule has 4 nitrogen and oxygen atoms in total. The third kappa shape index (κ3) is 1.53. The summed E-state index contributed by atoms with van der Waals surface area (Å²) in [6.07, 6.45) is 2.26. The Kier molecular flexibility index (Phi) is 2.08. The molecule has 0 bridgehead atoms. The minimum Gasteiger partial charge on any atom is -0.384 e. The Morgan fingerprint density at radius 3 is 2.80 bits per heavy atom. The maximum absolute atomic E-state index is 10.7. The van der Waals surface area contributed by atoms with Crippen LogP contribution in [0.3, 0.4) is 0 Å². The molecule has 78 valence electrons. The van der Waals surface area contributed by atoms with Crippen LogP contribution in [0.4, 0.5) is 0 Å². The fourth-order valence-electron chi connectivity index (χ4n) is 1.58. The second kappa shape index (κ2) is 3.17. The van der Waals surface area contributed by atoms with Crippen LogP contribution in [-0.2, 0) is 5.60 Å². The Morgan fingerprint density at radius 1 is 1.47 bits per heavy atom. The summed E-state index contributed by atoms with van der Waals surface area (Å²) in [5.74, 6) is 0. The summed E-state index contributed by atoms with van der Waals surface area (Å²) in [6.45, 7) is 3.37. The summed E-state index contributed by atoms with van der Waals surface area (Å²) in [5.41, 5.74) is 0.921. The molecule has 0 spiro atoms. The normalized spacial score (nSPS) is 11.9. The molecule has 0 saturated carbocycles. The molecule has 0 amide bonds. The lowest BCUT2D eigenvalue weighted by Crippen LogP contribution is -2.20. The number of aliphatic hydroxyl groups is 1. The molecule has 0 atom stereocenters. The Hall–Kier alpha value is -1.68. The molecule has 1 N–H and O–H groups in total. The molecule has 2 rings (SSSR count). The van der Waals surface area contributed by atoms with Crippen LogP contribution >= 0.6 is 0 Å². The molecule has 0 aromatic carbocycles. The molecule has 0 unspecified atom stereocenters. The third-order valence-electron chi connectivity index (χ3n) is 2.33. The first-order valence-corrected chi connectivity index (χ1v) is 4.69. The second-order valence-electron chi connectivity index (χ2n) is 3.98. The van der Waals surface area contributed by atoms with E-state index in [0.717, 1.165) is 6.29 Å². The van der Waals surface area contributed by atoms with E-state index in [9.17, 15) is 9.90 Å². The van der Waals surface area contributed by atoms with Crippen molar-refractivity contribution in [3.63, 3.8) is 0 Å². The first kappa shape index (κ1) is 9.86. The minimum absolute atomic E-state index is 0.529. The van der Waals surface area contributed by atoms with Gasteiger partial charge in [-0.25, -0.2) is 4.52 Å². The van der Waals surface area contributed by atoms with Crippen molar-refractivity contribution < 1.29 is 9.90 Å². The van der Waals surface area contributed by atoms with Crippen LogP contribution in [0.25, 0.3) is 5.52 Å². The molecule has 2 aromatic heterocycles. The number of aldehydes is 1. The monoisotopic (exact) mass is 204 g/mol. The maximum atomic E-state index is 10.7. The molecule has 15 heavy (non-hydrogen) atoms. The van der Waals surface area contributed by atoms with Crippen LogP contribution in [0.2, 0.25) is 0 Å². The number of carbonyl (C=O) groups excluding carboxylic acids is 1. The molecule has 4 heteroatoms. The molecule has 0 aliphatic heterocycles. The van der Waals surface area contributed by atoms with E-state index in [0.29, 0.717) is 16.8 Å². The van der Waals surface area contributed by atoms with Crippen molar-refractivity contribution in [2.45, 2.75) is 19.4 Å². The number of pyridine rings is 1. The van der Waals surface area contributed by atoms with Gasteiger partial charge in [0.15, 0.2) is 6.29 Å². The standard InChI is InChI=1S/C11H12N2O2/c1-11(2,15)10-5-3-4-9-8(7-14)6-12-13(9)10/h3-7,15H,1-2H3. The van der Waals surface area contributed by atoms with Gasteiger partial charge >= 0.3 is 0 Å². The number of hydrogen-bond donors (Lipinski definition) is 1. The predicted molar refractivity (Wildman–Crippen MR) is 55.8 cm³/mol. The predicted octanol–water partition coefficient (Wildman–Crippen LogP) is 1.37. The van der Waals surface area contributed by atoms with Crippen LogP contribution in [0, 0.1) is 0 Å². The minimum atomic E-state index is -0.980. The van der Waals surface area contributed by atoms with Gasteiger partial charge in [-0.15, -0.1) is 0 Å². The van der Waals surface area contributed by atoms with Gasteiger partial charge in [0, 0.05) is 0 Å². The fourth-order valence-corrected chi connectivity index (χ4v) is 1.58. The van der Waals surface area contributed by atoms with Gasteiger partial charge in [-0.05, 0) is 26.0 Å². The topological polar surface area (TPSA) is 54.6 Å². The molecular formula is C11H12N2O2. The molecule has 0 aliphatic carbocycles. The van der Waals surface area contributed by atoms with E-state index in [1.165, 1.54) is 6.20 Å². The van der Waals surface area contributed by atoms with Crippen molar-refractivity contribution >= 4 is 11.8 Å². The molecule has 0 saturated heterocycles. The second-order valence-corrected chi connectivity index (χ2v) is 3.98. The van der Waals surface area contributed by atoms with E-state index >= 15 is 0 Å². The molecule has 0 fully saturated rings. The molecule has 2 heterocycles.